The highest BCUT2D eigenvalue weighted by atomic mass is 32.1. The molecule has 35 heavy (non-hydrogen) atoms. The minimum atomic E-state index is -0.922. The summed E-state index contributed by atoms with van der Waals surface area (Å²) in [4.78, 5) is 42.5. The Bertz CT molecular complexity index is 1030. The third kappa shape index (κ3) is 6.29. The third-order valence-electron chi connectivity index (χ3n) is 6.19. The molecule has 1 saturated carbocycles. The molecular formula is C24H34N6O4S. The maximum absolute atomic E-state index is 13.7. The van der Waals surface area contributed by atoms with E-state index >= 15 is 0 Å². The van der Waals surface area contributed by atoms with Crippen molar-refractivity contribution >= 4 is 40.6 Å². The van der Waals surface area contributed by atoms with Crippen LogP contribution in [-0.4, -0.2) is 67.4 Å². The fourth-order valence-electron chi connectivity index (χ4n) is 4.25. The number of carbonyl (C=O) groups excluding carboxylic acids is 3. The molecule has 10 nitrogen and oxygen atoms in total. The van der Waals surface area contributed by atoms with Gasteiger partial charge in [0.25, 0.3) is 11.8 Å². The predicted molar refractivity (Wildman–Crippen MR) is 136 cm³/mol. The lowest BCUT2D eigenvalue weighted by atomic mass is 9.94. The van der Waals surface area contributed by atoms with E-state index in [4.69, 9.17) is 16.2 Å². The molecule has 1 aliphatic carbocycles. The van der Waals surface area contributed by atoms with Gasteiger partial charge in [0.05, 0.1) is 12.3 Å². The Hall–Kier alpha value is -3.18. The number of carbonyl (C=O) groups is 3. The largest absolute Gasteiger partial charge is 0.395 e. The van der Waals surface area contributed by atoms with Crippen molar-refractivity contribution in [3.8, 4) is 0 Å². The van der Waals surface area contributed by atoms with Crippen LogP contribution in [0.3, 0.4) is 0 Å². The molecule has 3 amide bonds. The fraction of sp³-hybridized carbons (Fsp3) is 0.500. The lowest BCUT2D eigenvalue weighted by Crippen LogP contribution is -2.48. The zero-order valence-corrected chi connectivity index (χ0v) is 21.3. The summed E-state index contributed by atoms with van der Waals surface area (Å²) in [5.41, 5.74) is 12.8. The van der Waals surface area contributed by atoms with Crippen molar-refractivity contribution in [2.75, 3.05) is 45.0 Å². The number of nitrogen functional groups attached to an aromatic ring is 1. The molecule has 1 heterocycles. The number of rotatable bonds is 10. The molecule has 3 rings (SSSR count). The smallest absolute Gasteiger partial charge is 0.270 e. The van der Waals surface area contributed by atoms with Crippen LogP contribution in [0.2, 0.25) is 0 Å². The van der Waals surface area contributed by atoms with Crippen LogP contribution >= 0.6 is 11.5 Å². The van der Waals surface area contributed by atoms with Gasteiger partial charge in [-0.05, 0) is 42.1 Å². The fourth-order valence-corrected chi connectivity index (χ4v) is 5.01. The van der Waals surface area contributed by atoms with Gasteiger partial charge in [0.1, 0.15) is 10.9 Å². The highest BCUT2D eigenvalue weighted by molar-refractivity contribution is 7.09. The molecule has 190 valence electrons. The molecule has 1 aromatic carbocycles. The number of aromatic nitrogens is 1. The van der Waals surface area contributed by atoms with Gasteiger partial charge in [-0.2, -0.15) is 4.37 Å². The van der Waals surface area contributed by atoms with E-state index in [1.165, 1.54) is 12.0 Å². The van der Waals surface area contributed by atoms with Crippen LogP contribution in [0.25, 0.3) is 0 Å². The van der Waals surface area contributed by atoms with Crippen molar-refractivity contribution in [3.05, 3.63) is 40.4 Å². The van der Waals surface area contributed by atoms with Crippen molar-refractivity contribution < 1.29 is 19.1 Å². The van der Waals surface area contributed by atoms with Crippen molar-refractivity contribution in [2.45, 2.75) is 44.2 Å². The van der Waals surface area contributed by atoms with Crippen LogP contribution in [-0.2, 0) is 9.53 Å². The van der Waals surface area contributed by atoms with E-state index in [0.717, 1.165) is 49.3 Å². The standard InChI is InChI=1S/C24H34N6O4S/c1-29(2)17-11-9-15(10-12-17)20(23(32)27-16-7-5-4-6-8-16)30(13-14-34-3)24(33)21-18(25)19(22(26)31)28-35-21/h9-12,16,20H,4-8,13-14,25H2,1-3H3,(H2,26,31)(H,27,32)/t20-/m0/s1. The summed E-state index contributed by atoms with van der Waals surface area (Å²) in [5.74, 6) is -1.59. The monoisotopic (exact) mass is 502 g/mol. The Labute approximate surface area is 209 Å². The molecule has 1 aliphatic rings. The predicted octanol–water partition coefficient (Wildman–Crippen LogP) is 2.17. The van der Waals surface area contributed by atoms with Gasteiger partial charge in [-0.15, -0.1) is 0 Å². The molecule has 0 saturated heterocycles. The van der Waals surface area contributed by atoms with Gasteiger partial charge < -0.3 is 31.3 Å². The molecule has 0 radical (unpaired) electrons. The van der Waals surface area contributed by atoms with Gasteiger partial charge in [0.2, 0.25) is 5.91 Å². The first kappa shape index (κ1) is 26.4. The zero-order chi connectivity index (χ0) is 25.5. The third-order valence-corrected chi connectivity index (χ3v) is 7.04. The van der Waals surface area contributed by atoms with E-state index in [2.05, 4.69) is 9.69 Å². The van der Waals surface area contributed by atoms with E-state index < -0.39 is 17.9 Å². The number of benzene rings is 1. The van der Waals surface area contributed by atoms with Gasteiger partial charge in [-0.25, -0.2) is 0 Å². The second kappa shape index (κ2) is 12.0. The summed E-state index contributed by atoms with van der Waals surface area (Å²) < 4.78 is 9.21. The lowest BCUT2D eigenvalue weighted by molar-refractivity contribution is -0.127. The van der Waals surface area contributed by atoms with Gasteiger partial charge >= 0.3 is 0 Å². The lowest BCUT2D eigenvalue weighted by Gasteiger charge is -2.33. The molecule has 11 heteroatoms. The van der Waals surface area contributed by atoms with Crippen molar-refractivity contribution in [1.82, 2.24) is 14.6 Å². The number of nitrogens with one attached hydrogen (secondary N) is 1. The number of primary amides is 1. The Morgan fingerprint density at radius 3 is 2.37 bits per heavy atom. The molecule has 1 atom stereocenters. The summed E-state index contributed by atoms with van der Waals surface area (Å²) in [7, 11) is 5.39. The first-order chi connectivity index (χ1) is 16.7. The summed E-state index contributed by atoms with van der Waals surface area (Å²) >= 11 is 0.794. The zero-order valence-electron chi connectivity index (χ0n) is 20.5. The van der Waals surface area contributed by atoms with E-state index in [-0.39, 0.29) is 41.4 Å². The molecular weight excluding hydrogens is 468 g/mol. The quantitative estimate of drug-likeness (QED) is 0.452. The number of nitrogens with two attached hydrogens (primary N) is 2. The van der Waals surface area contributed by atoms with E-state index in [1.807, 2.05) is 43.3 Å². The van der Waals surface area contributed by atoms with Crippen LogP contribution in [0.1, 0.15) is 63.9 Å². The number of amides is 3. The molecule has 0 aliphatic heterocycles. The van der Waals surface area contributed by atoms with Gasteiger partial charge in [0.15, 0.2) is 5.69 Å². The maximum atomic E-state index is 13.7. The van der Waals surface area contributed by atoms with Gasteiger partial charge in [-0.1, -0.05) is 31.4 Å². The van der Waals surface area contributed by atoms with Crippen molar-refractivity contribution in [3.63, 3.8) is 0 Å². The second-order valence-corrected chi connectivity index (χ2v) is 9.63. The molecule has 2 aromatic rings. The minimum absolute atomic E-state index is 0.0640. The number of methoxy groups -OCH3 is 1. The van der Waals surface area contributed by atoms with E-state index in [0.29, 0.717) is 5.56 Å². The summed E-state index contributed by atoms with van der Waals surface area (Å²) in [6, 6.07) is 6.64. The van der Waals surface area contributed by atoms with Crippen molar-refractivity contribution in [1.29, 1.82) is 0 Å². The number of anilines is 2. The minimum Gasteiger partial charge on any atom is -0.395 e. The average molecular weight is 503 g/mol. The van der Waals surface area contributed by atoms with Crippen LogP contribution < -0.4 is 21.7 Å². The highest BCUT2D eigenvalue weighted by Crippen LogP contribution is 2.30. The molecule has 5 N–H and O–H groups in total. The number of nitrogens with zero attached hydrogens (tertiary/aromatic N) is 3. The van der Waals surface area contributed by atoms with Crippen LogP contribution in [0, 0.1) is 0 Å². The van der Waals surface area contributed by atoms with E-state index in [9.17, 15) is 14.4 Å². The Balaban J connectivity index is 2.01. The molecule has 0 unspecified atom stereocenters. The number of hydrogen-bond donors (Lipinski definition) is 3. The van der Waals surface area contributed by atoms with Gasteiger partial charge in [0, 0.05) is 39.5 Å². The Morgan fingerprint density at radius 2 is 1.83 bits per heavy atom. The normalized spacial score (nSPS) is 14.8. The second-order valence-electron chi connectivity index (χ2n) is 8.86. The first-order valence-corrected chi connectivity index (χ1v) is 12.4. The average Bonchev–Trinajstić information content (AvgIpc) is 3.23. The molecule has 0 bridgehead atoms. The maximum Gasteiger partial charge on any atom is 0.270 e. The SMILES string of the molecule is COCCN(C(=O)c1snc(C(N)=O)c1N)[C@H](C(=O)NC1CCCCC1)c1ccc(N(C)C)cc1. The molecule has 1 fully saturated rings. The molecule has 0 spiro atoms. The summed E-state index contributed by atoms with van der Waals surface area (Å²) in [6.45, 7) is 0.340. The Kier molecular flexibility index (Phi) is 9.05. The number of hydrogen-bond acceptors (Lipinski definition) is 8. The summed E-state index contributed by atoms with van der Waals surface area (Å²) in [5, 5.41) is 3.15. The van der Waals surface area contributed by atoms with Crippen LogP contribution in [0.4, 0.5) is 11.4 Å². The summed E-state index contributed by atoms with van der Waals surface area (Å²) in [6.07, 6.45) is 5.11. The topological polar surface area (TPSA) is 144 Å². The first-order valence-electron chi connectivity index (χ1n) is 11.7. The van der Waals surface area contributed by atoms with Crippen LogP contribution in [0.15, 0.2) is 24.3 Å². The highest BCUT2D eigenvalue weighted by Gasteiger charge is 2.35. The van der Waals surface area contributed by atoms with Gasteiger partial charge in [-0.3, -0.25) is 14.4 Å². The van der Waals surface area contributed by atoms with Crippen LogP contribution in [0.5, 0.6) is 0 Å². The van der Waals surface area contributed by atoms with E-state index in [1.54, 1.807) is 0 Å². The number of ether oxygens (including phenoxy) is 1. The molecule has 1 aromatic heterocycles. The Morgan fingerprint density at radius 1 is 1.17 bits per heavy atom. The van der Waals surface area contributed by atoms with Crippen molar-refractivity contribution in [2.24, 2.45) is 5.73 Å².